The molecular weight excluding hydrogens is 267 g/mol. The van der Waals surface area contributed by atoms with Crippen molar-refractivity contribution in [2.75, 3.05) is 23.3 Å². The summed E-state index contributed by atoms with van der Waals surface area (Å²) in [6.45, 7) is 8.55. The molecule has 5 heteroatoms. The molecule has 0 bridgehead atoms. The Morgan fingerprint density at radius 1 is 1.10 bits per heavy atom. The Bertz CT molecular complexity index is 579. The minimum absolute atomic E-state index is 0.227. The van der Waals surface area contributed by atoms with E-state index in [1.807, 2.05) is 13.0 Å². The summed E-state index contributed by atoms with van der Waals surface area (Å²) in [6, 6.07) is 8.40. The number of aryl methyl sites for hydroxylation is 1. The Kier molecular flexibility index (Phi) is 5.09. The number of hydrogen-bond acceptors (Lipinski definition) is 4. The first-order valence-corrected chi connectivity index (χ1v) is 7.21. The highest BCUT2D eigenvalue weighted by molar-refractivity contribution is 5.44. The first kappa shape index (κ1) is 15.2. The topological polar surface area (TPSA) is 41.1 Å². The van der Waals surface area contributed by atoms with Gasteiger partial charge in [0, 0.05) is 31.4 Å². The number of aromatic nitrogens is 2. The number of benzene rings is 1. The van der Waals surface area contributed by atoms with Gasteiger partial charge in [0.05, 0.1) is 0 Å². The summed E-state index contributed by atoms with van der Waals surface area (Å²) in [5, 5.41) is 3.19. The molecule has 2 rings (SSSR count). The molecule has 1 heterocycles. The fourth-order valence-corrected chi connectivity index (χ4v) is 2.12. The average molecular weight is 288 g/mol. The number of rotatable bonds is 6. The normalized spacial score (nSPS) is 10.5. The van der Waals surface area contributed by atoms with Crippen LogP contribution in [0.4, 0.5) is 16.2 Å². The van der Waals surface area contributed by atoms with Crippen molar-refractivity contribution in [1.29, 1.82) is 0 Å². The summed E-state index contributed by atoms with van der Waals surface area (Å²) in [5.41, 5.74) is 1.92. The predicted octanol–water partition coefficient (Wildman–Crippen LogP) is 3.38. The molecule has 0 unspecified atom stereocenters. The third kappa shape index (κ3) is 4.15. The van der Waals surface area contributed by atoms with Crippen molar-refractivity contribution in [1.82, 2.24) is 9.97 Å². The Hall–Kier alpha value is -2.17. The molecule has 2 aromatic rings. The molecule has 0 saturated heterocycles. The van der Waals surface area contributed by atoms with E-state index in [-0.39, 0.29) is 5.82 Å². The van der Waals surface area contributed by atoms with Crippen LogP contribution in [-0.2, 0) is 6.54 Å². The lowest BCUT2D eigenvalue weighted by Crippen LogP contribution is -2.23. The van der Waals surface area contributed by atoms with Crippen LogP contribution in [0.15, 0.2) is 30.3 Å². The smallest absolute Gasteiger partial charge is 0.225 e. The number of hydrogen-bond donors (Lipinski definition) is 1. The second-order valence-corrected chi connectivity index (χ2v) is 4.84. The zero-order chi connectivity index (χ0) is 15.2. The highest BCUT2D eigenvalue weighted by atomic mass is 19.1. The second kappa shape index (κ2) is 7.02. The van der Waals surface area contributed by atoms with Gasteiger partial charge in [0.1, 0.15) is 11.6 Å². The van der Waals surface area contributed by atoms with Gasteiger partial charge in [-0.3, -0.25) is 0 Å². The zero-order valence-electron chi connectivity index (χ0n) is 12.7. The molecule has 0 amide bonds. The molecule has 0 atom stereocenters. The molecule has 0 radical (unpaired) electrons. The van der Waals surface area contributed by atoms with E-state index in [4.69, 9.17) is 0 Å². The van der Waals surface area contributed by atoms with E-state index >= 15 is 0 Å². The summed E-state index contributed by atoms with van der Waals surface area (Å²) in [6.07, 6.45) is 0. The van der Waals surface area contributed by atoms with Gasteiger partial charge in [-0.15, -0.1) is 0 Å². The summed E-state index contributed by atoms with van der Waals surface area (Å²) in [5.74, 6) is 1.30. The zero-order valence-corrected chi connectivity index (χ0v) is 12.7. The van der Waals surface area contributed by atoms with Crippen molar-refractivity contribution < 1.29 is 4.39 Å². The number of halogens is 1. The molecule has 0 spiro atoms. The molecule has 1 N–H and O–H groups in total. The lowest BCUT2D eigenvalue weighted by molar-refractivity contribution is 0.627. The summed E-state index contributed by atoms with van der Waals surface area (Å²) >= 11 is 0. The Morgan fingerprint density at radius 3 is 2.38 bits per heavy atom. The largest absolute Gasteiger partial charge is 0.357 e. The molecule has 4 nitrogen and oxygen atoms in total. The minimum Gasteiger partial charge on any atom is -0.357 e. The molecule has 0 fully saturated rings. The van der Waals surface area contributed by atoms with E-state index in [2.05, 4.69) is 34.0 Å². The van der Waals surface area contributed by atoms with Crippen molar-refractivity contribution in [2.45, 2.75) is 27.3 Å². The van der Waals surface area contributed by atoms with Crippen LogP contribution in [0.3, 0.4) is 0 Å². The van der Waals surface area contributed by atoms with Crippen LogP contribution in [-0.4, -0.2) is 23.1 Å². The summed E-state index contributed by atoms with van der Waals surface area (Å²) in [7, 11) is 0. The number of anilines is 2. The van der Waals surface area contributed by atoms with Crippen LogP contribution in [0.5, 0.6) is 0 Å². The van der Waals surface area contributed by atoms with Crippen molar-refractivity contribution >= 4 is 11.8 Å². The third-order valence-electron chi connectivity index (χ3n) is 3.29. The number of nitrogens with zero attached hydrogens (tertiary/aromatic N) is 3. The summed E-state index contributed by atoms with van der Waals surface area (Å²) < 4.78 is 12.9. The van der Waals surface area contributed by atoms with Gasteiger partial charge >= 0.3 is 0 Å². The second-order valence-electron chi connectivity index (χ2n) is 4.84. The first-order valence-electron chi connectivity index (χ1n) is 7.21. The lowest BCUT2D eigenvalue weighted by Gasteiger charge is -2.20. The molecule has 112 valence electrons. The van der Waals surface area contributed by atoms with E-state index in [1.54, 1.807) is 12.1 Å². The molecular formula is C16H21FN4. The van der Waals surface area contributed by atoms with Gasteiger partial charge in [0.25, 0.3) is 0 Å². The van der Waals surface area contributed by atoms with Crippen LogP contribution in [0.25, 0.3) is 0 Å². The van der Waals surface area contributed by atoms with Gasteiger partial charge in [-0.05, 0) is 38.5 Å². The molecule has 21 heavy (non-hydrogen) atoms. The van der Waals surface area contributed by atoms with Gasteiger partial charge in [-0.25, -0.2) is 9.37 Å². The predicted molar refractivity (Wildman–Crippen MR) is 84.1 cm³/mol. The summed E-state index contributed by atoms with van der Waals surface area (Å²) in [4.78, 5) is 11.1. The van der Waals surface area contributed by atoms with Crippen LogP contribution < -0.4 is 10.2 Å². The van der Waals surface area contributed by atoms with Crippen molar-refractivity contribution in [3.63, 3.8) is 0 Å². The fraction of sp³-hybridized carbons (Fsp3) is 0.375. The maximum absolute atomic E-state index is 12.9. The van der Waals surface area contributed by atoms with Crippen molar-refractivity contribution in [2.24, 2.45) is 0 Å². The lowest BCUT2D eigenvalue weighted by atomic mass is 10.2. The third-order valence-corrected chi connectivity index (χ3v) is 3.29. The van der Waals surface area contributed by atoms with Crippen molar-refractivity contribution in [3.8, 4) is 0 Å². The quantitative estimate of drug-likeness (QED) is 0.884. The monoisotopic (exact) mass is 288 g/mol. The SMILES string of the molecule is CCN(CC)c1cc(C)nc(NCc2ccc(F)cc2)n1. The highest BCUT2D eigenvalue weighted by Gasteiger charge is 2.07. The van der Waals surface area contributed by atoms with E-state index in [1.165, 1.54) is 12.1 Å². The maximum atomic E-state index is 12.9. The minimum atomic E-state index is -0.227. The van der Waals surface area contributed by atoms with E-state index < -0.39 is 0 Å². The molecule has 0 aliphatic heterocycles. The molecule has 0 aliphatic rings. The Labute approximate surface area is 125 Å². The van der Waals surface area contributed by atoms with Crippen LogP contribution in [0.1, 0.15) is 25.1 Å². The van der Waals surface area contributed by atoms with Crippen LogP contribution >= 0.6 is 0 Å². The van der Waals surface area contributed by atoms with E-state index in [0.29, 0.717) is 12.5 Å². The molecule has 1 aromatic carbocycles. The van der Waals surface area contributed by atoms with Gasteiger partial charge in [0.2, 0.25) is 5.95 Å². The van der Waals surface area contributed by atoms with Gasteiger partial charge < -0.3 is 10.2 Å². The van der Waals surface area contributed by atoms with Crippen LogP contribution in [0, 0.1) is 12.7 Å². The maximum Gasteiger partial charge on any atom is 0.225 e. The Morgan fingerprint density at radius 2 is 1.76 bits per heavy atom. The van der Waals surface area contributed by atoms with Crippen LogP contribution in [0.2, 0.25) is 0 Å². The molecule has 1 aromatic heterocycles. The van der Waals surface area contributed by atoms with E-state index in [9.17, 15) is 4.39 Å². The van der Waals surface area contributed by atoms with E-state index in [0.717, 1.165) is 30.2 Å². The van der Waals surface area contributed by atoms with Crippen molar-refractivity contribution in [3.05, 3.63) is 47.4 Å². The first-order chi connectivity index (χ1) is 10.1. The standard InChI is InChI=1S/C16H21FN4/c1-4-21(5-2)15-10-12(3)19-16(20-15)18-11-13-6-8-14(17)9-7-13/h6-10H,4-5,11H2,1-3H3,(H,18,19,20). The van der Waals surface area contributed by atoms with Gasteiger partial charge in [-0.2, -0.15) is 4.98 Å². The van der Waals surface area contributed by atoms with Gasteiger partial charge in [-0.1, -0.05) is 12.1 Å². The molecule has 0 aliphatic carbocycles. The average Bonchev–Trinajstić information content (AvgIpc) is 2.47. The molecule has 0 saturated carbocycles. The highest BCUT2D eigenvalue weighted by Crippen LogP contribution is 2.15. The fourth-order valence-electron chi connectivity index (χ4n) is 2.12. The van der Waals surface area contributed by atoms with Gasteiger partial charge in [0.15, 0.2) is 0 Å². The number of nitrogens with one attached hydrogen (secondary N) is 1. The Balaban J connectivity index is 2.10.